The first-order valence-corrected chi connectivity index (χ1v) is 12.9. The fourth-order valence-corrected chi connectivity index (χ4v) is 5.00. The lowest BCUT2D eigenvalue weighted by molar-refractivity contribution is -0.129. The van der Waals surface area contributed by atoms with Crippen LogP contribution in [0.3, 0.4) is 0 Å². The Hall–Kier alpha value is -4.76. The molecule has 1 aliphatic heterocycles. The SMILES string of the molecule is C=CC(=O)N1CCCC[C@H]1c1nc(-c2ccc(C(=O)Nc3cc(-c4ccccc4)ccn3)cc2)c(CN)n1N. The number of carbonyl (C=O) groups excluding carboxylic acids is 2. The molecule has 9 heteroatoms. The minimum Gasteiger partial charge on any atom is -0.338 e. The van der Waals surface area contributed by atoms with Crippen molar-refractivity contribution in [3.8, 4) is 22.4 Å². The Kier molecular flexibility index (Phi) is 7.51. The van der Waals surface area contributed by atoms with Crippen LogP contribution in [0, 0.1) is 0 Å². The van der Waals surface area contributed by atoms with E-state index in [4.69, 9.17) is 16.6 Å². The van der Waals surface area contributed by atoms with E-state index in [0.717, 1.165) is 36.0 Å². The van der Waals surface area contributed by atoms with E-state index in [1.165, 1.54) is 10.8 Å². The maximum atomic E-state index is 13.0. The second-order valence-corrected chi connectivity index (χ2v) is 9.41. The number of imidazole rings is 1. The third kappa shape index (κ3) is 5.30. The molecule has 39 heavy (non-hydrogen) atoms. The van der Waals surface area contributed by atoms with Gasteiger partial charge in [-0.25, -0.2) is 14.6 Å². The number of rotatable bonds is 7. The number of anilines is 1. The Morgan fingerprint density at radius 2 is 1.79 bits per heavy atom. The number of nitrogens with one attached hydrogen (secondary N) is 1. The highest BCUT2D eigenvalue weighted by atomic mass is 16.2. The van der Waals surface area contributed by atoms with E-state index in [-0.39, 0.29) is 24.4 Å². The van der Waals surface area contributed by atoms with Gasteiger partial charge in [-0.3, -0.25) is 9.59 Å². The number of carbonyl (C=O) groups is 2. The van der Waals surface area contributed by atoms with Crippen molar-refractivity contribution in [3.05, 3.63) is 103 Å². The zero-order valence-electron chi connectivity index (χ0n) is 21.6. The summed E-state index contributed by atoms with van der Waals surface area (Å²) < 4.78 is 1.50. The second kappa shape index (κ2) is 11.3. The fourth-order valence-electron chi connectivity index (χ4n) is 5.00. The van der Waals surface area contributed by atoms with E-state index >= 15 is 0 Å². The standard InChI is InChI=1S/C30H31N7O2/c1-2-27(38)36-17-7-6-10-24(36)29-35-28(25(19-31)37(29)32)21-11-13-22(14-12-21)30(39)34-26-18-23(15-16-33-26)20-8-4-3-5-9-20/h2-5,8-9,11-16,18,24H,1,6-7,10,17,19,31-32H2,(H,33,34,39)/t24-/m0/s1. The van der Waals surface area contributed by atoms with Gasteiger partial charge in [0.05, 0.1) is 17.4 Å². The van der Waals surface area contributed by atoms with Gasteiger partial charge in [0, 0.05) is 30.4 Å². The maximum Gasteiger partial charge on any atom is 0.256 e. The molecule has 1 fully saturated rings. The van der Waals surface area contributed by atoms with Crippen molar-refractivity contribution in [1.82, 2.24) is 19.5 Å². The lowest BCUT2D eigenvalue weighted by atomic mass is 10.0. The minimum atomic E-state index is -0.274. The number of nitrogens with zero attached hydrogens (tertiary/aromatic N) is 4. The maximum absolute atomic E-state index is 13.0. The molecule has 2 aromatic carbocycles. The van der Waals surface area contributed by atoms with Gasteiger partial charge in [-0.15, -0.1) is 0 Å². The number of aromatic nitrogens is 3. The minimum absolute atomic E-state index is 0.141. The molecule has 3 heterocycles. The molecule has 0 bridgehead atoms. The van der Waals surface area contributed by atoms with Crippen LogP contribution in [0.5, 0.6) is 0 Å². The predicted octanol–water partition coefficient (Wildman–Crippen LogP) is 4.28. The van der Waals surface area contributed by atoms with Gasteiger partial charge in [-0.05, 0) is 60.7 Å². The Morgan fingerprint density at radius 3 is 2.51 bits per heavy atom. The second-order valence-electron chi connectivity index (χ2n) is 9.41. The molecule has 2 aromatic heterocycles. The molecule has 5 rings (SSSR count). The lowest BCUT2D eigenvalue weighted by Gasteiger charge is -2.34. The molecule has 5 N–H and O–H groups in total. The highest BCUT2D eigenvalue weighted by Crippen LogP contribution is 2.33. The van der Waals surface area contributed by atoms with E-state index in [1.807, 2.05) is 54.6 Å². The summed E-state index contributed by atoms with van der Waals surface area (Å²) >= 11 is 0. The molecule has 2 amide bonds. The van der Waals surface area contributed by atoms with Crippen LogP contribution >= 0.6 is 0 Å². The molecule has 1 saturated heterocycles. The van der Waals surface area contributed by atoms with E-state index in [0.29, 0.717) is 35.1 Å². The third-order valence-electron chi connectivity index (χ3n) is 7.02. The molecule has 9 nitrogen and oxygen atoms in total. The van der Waals surface area contributed by atoms with Crippen molar-refractivity contribution in [2.45, 2.75) is 31.8 Å². The van der Waals surface area contributed by atoms with Crippen molar-refractivity contribution in [3.63, 3.8) is 0 Å². The summed E-state index contributed by atoms with van der Waals surface area (Å²) in [6, 6.07) is 20.5. The lowest BCUT2D eigenvalue weighted by Crippen LogP contribution is -2.39. The molecule has 0 aliphatic carbocycles. The molecule has 198 valence electrons. The van der Waals surface area contributed by atoms with Crippen molar-refractivity contribution in [2.75, 3.05) is 17.7 Å². The number of benzene rings is 2. The average molecular weight is 522 g/mol. The Balaban J connectivity index is 1.37. The number of hydrogen-bond acceptors (Lipinski definition) is 6. The van der Waals surface area contributed by atoms with Gasteiger partial charge in [0.2, 0.25) is 5.91 Å². The van der Waals surface area contributed by atoms with Crippen molar-refractivity contribution >= 4 is 17.6 Å². The zero-order valence-corrected chi connectivity index (χ0v) is 21.6. The highest BCUT2D eigenvalue weighted by molar-refractivity contribution is 6.04. The van der Waals surface area contributed by atoms with Gasteiger partial charge in [0.1, 0.15) is 5.82 Å². The van der Waals surface area contributed by atoms with Gasteiger partial charge in [0.25, 0.3) is 5.91 Å². The first kappa shape index (κ1) is 25.9. The van der Waals surface area contributed by atoms with Gasteiger partial charge in [-0.1, -0.05) is 49.0 Å². The largest absolute Gasteiger partial charge is 0.338 e. The molecule has 0 spiro atoms. The van der Waals surface area contributed by atoms with Crippen LogP contribution in [0.4, 0.5) is 5.82 Å². The van der Waals surface area contributed by atoms with Crippen LogP contribution in [0.25, 0.3) is 22.4 Å². The van der Waals surface area contributed by atoms with Crippen molar-refractivity contribution in [1.29, 1.82) is 0 Å². The average Bonchev–Trinajstić information content (AvgIpc) is 3.33. The summed E-state index contributed by atoms with van der Waals surface area (Å²) in [6.45, 7) is 4.43. The van der Waals surface area contributed by atoms with E-state index < -0.39 is 0 Å². The van der Waals surface area contributed by atoms with Gasteiger partial charge in [0.15, 0.2) is 5.82 Å². The number of amides is 2. The molecular weight excluding hydrogens is 490 g/mol. The topological polar surface area (TPSA) is 132 Å². The number of hydrogen-bond donors (Lipinski definition) is 3. The van der Waals surface area contributed by atoms with Crippen LogP contribution in [0.1, 0.15) is 47.2 Å². The van der Waals surface area contributed by atoms with Gasteiger partial charge in [-0.2, -0.15) is 0 Å². The normalized spacial score (nSPS) is 15.1. The van der Waals surface area contributed by atoms with Crippen LogP contribution in [-0.4, -0.2) is 37.9 Å². The summed E-state index contributed by atoms with van der Waals surface area (Å²) in [5.41, 5.74) is 10.6. The Morgan fingerprint density at radius 1 is 1.03 bits per heavy atom. The van der Waals surface area contributed by atoms with E-state index in [1.54, 1.807) is 23.2 Å². The molecule has 0 radical (unpaired) electrons. The Labute approximate surface area is 227 Å². The van der Waals surface area contributed by atoms with Crippen LogP contribution < -0.4 is 16.9 Å². The first-order valence-electron chi connectivity index (χ1n) is 12.9. The third-order valence-corrected chi connectivity index (χ3v) is 7.02. The van der Waals surface area contributed by atoms with Crippen LogP contribution in [-0.2, 0) is 11.3 Å². The van der Waals surface area contributed by atoms with Gasteiger partial charge < -0.3 is 21.8 Å². The summed E-state index contributed by atoms with van der Waals surface area (Å²) in [5.74, 6) is 7.08. The highest BCUT2D eigenvalue weighted by Gasteiger charge is 2.32. The summed E-state index contributed by atoms with van der Waals surface area (Å²) in [4.78, 5) is 36.3. The zero-order chi connectivity index (χ0) is 27.4. The summed E-state index contributed by atoms with van der Waals surface area (Å²) in [5, 5.41) is 2.87. The molecule has 1 aliphatic rings. The summed E-state index contributed by atoms with van der Waals surface area (Å²) in [6.07, 6.45) is 5.65. The van der Waals surface area contributed by atoms with Crippen LogP contribution in [0.2, 0.25) is 0 Å². The number of nitrogens with two attached hydrogens (primary N) is 2. The monoisotopic (exact) mass is 521 g/mol. The van der Waals surface area contributed by atoms with E-state index in [2.05, 4.69) is 16.9 Å². The molecule has 0 saturated carbocycles. The Bertz CT molecular complexity index is 1500. The van der Waals surface area contributed by atoms with Gasteiger partial charge >= 0.3 is 0 Å². The molecule has 0 unspecified atom stereocenters. The molecule has 4 aromatic rings. The van der Waals surface area contributed by atoms with Crippen molar-refractivity contribution in [2.24, 2.45) is 5.73 Å². The quantitative estimate of drug-likeness (QED) is 0.246. The number of piperidine rings is 1. The number of nitrogen functional groups attached to an aromatic ring is 1. The predicted molar refractivity (Wildman–Crippen MR) is 152 cm³/mol. The fraction of sp³-hybridized carbons (Fsp3) is 0.200. The van der Waals surface area contributed by atoms with Crippen molar-refractivity contribution < 1.29 is 9.59 Å². The number of likely N-dealkylation sites (tertiary alicyclic amines) is 1. The molecule has 1 atom stereocenters. The summed E-state index contributed by atoms with van der Waals surface area (Å²) in [7, 11) is 0. The first-order chi connectivity index (χ1) is 19.0. The van der Waals surface area contributed by atoms with E-state index in [9.17, 15) is 9.59 Å². The molecular formula is C30H31N7O2. The number of pyridine rings is 1. The smallest absolute Gasteiger partial charge is 0.256 e. The van der Waals surface area contributed by atoms with Crippen LogP contribution in [0.15, 0.2) is 85.6 Å².